The zero-order valence-electron chi connectivity index (χ0n) is 10.4. The van der Waals surface area contributed by atoms with Crippen molar-refractivity contribution in [3.63, 3.8) is 0 Å². The number of primary amides is 1. The van der Waals surface area contributed by atoms with E-state index in [0.29, 0.717) is 12.5 Å². The van der Waals surface area contributed by atoms with Gasteiger partial charge in [0.1, 0.15) is 11.6 Å². The van der Waals surface area contributed by atoms with E-state index in [1.807, 2.05) is 0 Å². The van der Waals surface area contributed by atoms with Crippen LogP contribution in [0.5, 0.6) is 0 Å². The van der Waals surface area contributed by atoms with Crippen molar-refractivity contribution in [2.75, 3.05) is 5.32 Å². The first kappa shape index (κ1) is 14.1. The van der Waals surface area contributed by atoms with Crippen molar-refractivity contribution in [3.8, 4) is 0 Å². The van der Waals surface area contributed by atoms with Gasteiger partial charge in [0.2, 0.25) is 5.91 Å². The smallest absolute Gasteiger partial charge is 0.251 e. The van der Waals surface area contributed by atoms with Crippen LogP contribution in [0.2, 0.25) is 0 Å². The minimum atomic E-state index is -1.07. The molecule has 0 aliphatic heterocycles. The van der Waals surface area contributed by atoms with Crippen LogP contribution in [0.1, 0.15) is 16.8 Å². The number of hydrogen-bond donors (Lipinski definition) is 3. The van der Waals surface area contributed by atoms with Crippen LogP contribution in [-0.2, 0) is 4.79 Å². The van der Waals surface area contributed by atoms with Crippen molar-refractivity contribution in [2.24, 2.45) is 17.4 Å². The third kappa shape index (κ3) is 2.83. The molecule has 0 saturated heterocycles. The molecule has 0 fully saturated rings. The lowest BCUT2D eigenvalue weighted by molar-refractivity contribution is -0.118. The molecule has 5 nitrogen and oxygen atoms in total. The summed E-state index contributed by atoms with van der Waals surface area (Å²) in [6.07, 6.45) is 3.72. The van der Waals surface area contributed by atoms with Gasteiger partial charge in [-0.25, -0.2) is 8.78 Å². The van der Waals surface area contributed by atoms with Crippen molar-refractivity contribution >= 4 is 17.5 Å². The number of halogens is 2. The van der Waals surface area contributed by atoms with E-state index < -0.39 is 34.9 Å². The SMILES string of the molecule is NC(=O)c1cc(NC(=O)C2C=CC(N)C2)c(F)cc1F. The monoisotopic (exact) mass is 281 g/mol. The molecule has 20 heavy (non-hydrogen) atoms. The number of anilines is 1. The molecule has 5 N–H and O–H groups in total. The van der Waals surface area contributed by atoms with Gasteiger partial charge in [-0.2, -0.15) is 0 Å². The minimum Gasteiger partial charge on any atom is -0.366 e. The number of carbonyl (C=O) groups excluding carboxylic acids is 2. The molecular formula is C13H13F2N3O2. The Balaban J connectivity index is 2.21. The maximum Gasteiger partial charge on any atom is 0.251 e. The highest BCUT2D eigenvalue weighted by molar-refractivity contribution is 5.97. The Morgan fingerprint density at radius 1 is 1.20 bits per heavy atom. The summed E-state index contributed by atoms with van der Waals surface area (Å²) >= 11 is 0. The maximum absolute atomic E-state index is 13.6. The number of hydrogen-bond acceptors (Lipinski definition) is 3. The van der Waals surface area contributed by atoms with Crippen molar-refractivity contribution in [2.45, 2.75) is 12.5 Å². The average Bonchev–Trinajstić information content (AvgIpc) is 2.79. The Morgan fingerprint density at radius 2 is 1.90 bits per heavy atom. The Bertz CT molecular complexity index is 602. The number of carbonyl (C=O) groups is 2. The summed E-state index contributed by atoms with van der Waals surface area (Å²) in [5.74, 6) is -4.05. The van der Waals surface area contributed by atoms with Gasteiger partial charge < -0.3 is 16.8 Å². The lowest BCUT2D eigenvalue weighted by atomic mass is 10.1. The van der Waals surface area contributed by atoms with Crippen molar-refractivity contribution in [1.29, 1.82) is 0 Å². The largest absolute Gasteiger partial charge is 0.366 e. The van der Waals surface area contributed by atoms with Crippen molar-refractivity contribution in [3.05, 3.63) is 41.5 Å². The molecule has 0 aromatic heterocycles. The molecule has 0 saturated carbocycles. The molecule has 106 valence electrons. The van der Waals surface area contributed by atoms with Gasteiger partial charge in [-0.05, 0) is 12.5 Å². The predicted molar refractivity (Wildman–Crippen MR) is 68.7 cm³/mol. The molecular weight excluding hydrogens is 268 g/mol. The molecule has 1 aromatic carbocycles. The highest BCUT2D eigenvalue weighted by Gasteiger charge is 2.24. The molecule has 1 aromatic rings. The van der Waals surface area contributed by atoms with Crippen LogP contribution in [0.25, 0.3) is 0 Å². The molecule has 0 bridgehead atoms. The van der Waals surface area contributed by atoms with Gasteiger partial charge in [0.05, 0.1) is 17.2 Å². The van der Waals surface area contributed by atoms with E-state index in [0.717, 1.165) is 6.07 Å². The van der Waals surface area contributed by atoms with Gasteiger partial charge in [0.15, 0.2) is 0 Å². The number of benzene rings is 1. The number of nitrogens with two attached hydrogens (primary N) is 2. The Morgan fingerprint density at radius 3 is 2.45 bits per heavy atom. The van der Waals surface area contributed by atoms with Crippen LogP contribution >= 0.6 is 0 Å². The van der Waals surface area contributed by atoms with E-state index in [1.165, 1.54) is 0 Å². The molecule has 0 spiro atoms. The van der Waals surface area contributed by atoms with E-state index in [4.69, 9.17) is 11.5 Å². The van der Waals surface area contributed by atoms with Crippen molar-refractivity contribution in [1.82, 2.24) is 0 Å². The van der Waals surface area contributed by atoms with Crippen LogP contribution in [0, 0.1) is 17.6 Å². The van der Waals surface area contributed by atoms with E-state index in [9.17, 15) is 18.4 Å². The maximum atomic E-state index is 13.6. The van der Waals surface area contributed by atoms with Gasteiger partial charge in [-0.1, -0.05) is 12.2 Å². The summed E-state index contributed by atoms with van der Waals surface area (Å²) in [7, 11) is 0. The Hall–Kier alpha value is -2.28. The summed E-state index contributed by atoms with van der Waals surface area (Å²) in [4.78, 5) is 22.9. The van der Waals surface area contributed by atoms with Crippen LogP contribution in [0.15, 0.2) is 24.3 Å². The average molecular weight is 281 g/mol. The first-order chi connectivity index (χ1) is 9.38. The second kappa shape index (κ2) is 5.38. The summed E-state index contributed by atoms with van der Waals surface area (Å²) < 4.78 is 26.9. The lowest BCUT2D eigenvalue weighted by Crippen LogP contribution is -2.25. The fraction of sp³-hybridized carbons (Fsp3) is 0.231. The molecule has 2 unspecified atom stereocenters. The van der Waals surface area contributed by atoms with Gasteiger partial charge in [-0.3, -0.25) is 9.59 Å². The van der Waals surface area contributed by atoms with Crippen LogP contribution in [-0.4, -0.2) is 17.9 Å². The molecule has 1 aliphatic rings. The normalized spacial score (nSPS) is 20.9. The fourth-order valence-electron chi connectivity index (χ4n) is 1.98. The van der Waals surface area contributed by atoms with E-state index in [-0.39, 0.29) is 11.7 Å². The third-order valence-corrected chi connectivity index (χ3v) is 3.03. The van der Waals surface area contributed by atoms with Gasteiger partial charge in [-0.15, -0.1) is 0 Å². The third-order valence-electron chi connectivity index (χ3n) is 3.03. The second-order valence-corrected chi connectivity index (χ2v) is 4.56. The van der Waals surface area contributed by atoms with E-state index in [1.54, 1.807) is 12.2 Å². The number of rotatable bonds is 3. The van der Waals surface area contributed by atoms with Crippen LogP contribution in [0.3, 0.4) is 0 Å². The molecule has 1 aliphatic carbocycles. The Labute approximate surface area is 113 Å². The predicted octanol–water partition coefficient (Wildman–Crippen LogP) is 0.906. The van der Waals surface area contributed by atoms with Gasteiger partial charge in [0, 0.05) is 12.1 Å². The quantitative estimate of drug-likeness (QED) is 0.718. The lowest BCUT2D eigenvalue weighted by Gasteiger charge is -2.12. The molecule has 0 radical (unpaired) electrons. The topological polar surface area (TPSA) is 98.2 Å². The zero-order valence-corrected chi connectivity index (χ0v) is 10.4. The summed E-state index contributed by atoms with van der Waals surface area (Å²) in [6, 6.07) is 1.17. The highest BCUT2D eigenvalue weighted by Crippen LogP contribution is 2.22. The van der Waals surface area contributed by atoms with Gasteiger partial charge >= 0.3 is 0 Å². The zero-order chi connectivity index (χ0) is 14.9. The first-order valence-electron chi connectivity index (χ1n) is 5.92. The molecule has 2 atom stereocenters. The van der Waals surface area contributed by atoms with Crippen molar-refractivity contribution < 1.29 is 18.4 Å². The molecule has 2 rings (SSSR count). The number of nitrogens with one attached hydrogen (secondary N) is 1. The fourth-order valence-corrected chi connectivity index (χ4v) is 1.98. The molecule has 2 amide bonds. The minimum absolute atomic E-state index is 0.218. The Kier molecular flexibility index (Phi) is 3.80. The summed E-state index contributed by atoms with van der Waals surface area (Å²) in [5.41, 5.74) is 9.80. The molecule has 0 heterocycles. The van der Waals surface area contributed by atoms with E-state index in [2.05, 4.69) is 5.32 Å². The van der Waals surface area contributed by atoms with Gasteiger partial charge in [0.25, 0.3) is 5.91 Å². The summed E-state index contributed by atoms with van der Waals surface area (Å²) in [6.45, 7) is 0. The number of amides is 2. The highest BCUT2D eigenvalue weighted by atomic mass is 19.1. The molecule has 7 heteroatoms. The standard InChI is InChI=1S/C13H13F2N3O2/c14-9-5-10(15)11(4-8(9)12(17)19)18-13(20)6-1-2-7(16)3-6/h1-2,4-7H,3,16H2,(H2,17,19)(H,18,20). The van der Waals surface area contributed by atoms with E-state index >= 15 is 0 Å². The first-order valence-corrected chi connectivity index (χ1v) is 5.92. The van der Waals surface area contributed by atoms with Crippen LogP contribution < -0.4 is 16.8 Å². The van der Waals surface area contributed by atoms with Crippen LogP contribution in [0.4, 0.5) is 14.5 Å². The summed E-state index contributed by atoms with van der Waals surface area (Å²) in [5, 5.41) is 2.30. The second-order valence-electron chi connectivity index (χ2n) is 4.56.